The summed E-state index contributed by atoms with van der Waals surface area (Å²) >= 11 is 0. The SMILES string of the molecule is CC12CCC(c3c(C(F)(F)F)n[nH]c31)C2(C)C. The molecule has 17 heavy (non-hydrogen) atoms. The van der Waals surface area contributed by atoms with Crippen LogP contribution < -0.4 is 0 Å². The minimum absolute atomic E-state index is 0.0159. The second-order valence-corrected chi connectivity index (χ2v) is 6.00. The molecule has 2 unspecified atom stereocenters. The molecular formula is C12H15F3N2. The van der Waals surface area contributed by atoms with Gasteiger partial charge in [-0.05, 0) is 24.2 Å². The Bertz CT molecular complexity index is 486. The van der Waals surface area contributed by atoms with Crippen LogP contribution >= 0.6 is 0 Å². The molecule has 0 radical (unpaired) electrons. The van der Waals surface area contributed by atoms with Crippen molar-refractivity contribution in [1.82, 2.24) is 10.2 Å². The summed E-state index contributed by atoms with van der Waals surface area (Å²) in [5.41, 5.74) is 0.136. The molecule has 1 aromatic rings. The molecule has 1 N–H and O–H groups in total. The van der Waals surface area contributed by atoms with E-state index >= 15 is 0 Å². The van der Waals surface area contributed by atoms with Gasteiger partial charge in [-0.25, -0.2) is 0 Å². The average Bonchev–Trinajstić information content (AvgIpc) is 2.73. The number of H-pyrrole nitrogens is 1. The first-order chi connectivity index (χ1) is 7.69. The lowest BCUT2D eigenvalue weighted by molar-refractivity contribution is -0.142. The molecule has 2 bridgehead atoms. The smallest absolute Gasteiger partial charge is 0.281 e. The van der Waals surface area contributed by atoms with Gasteiger partial charge in [0.25, 0.3) is 0 Å². The summed E-state index contributed by atoms with van der Waals surface area (Å²) in [4.78, 5) is 0. The van der Waals surface area contributed by atoms with E-state index in [1.165, 1.54) is 0 Å². The van der Waals surface area contributed by atoms with Gasteiger partial charge in [0.15, 0.2) is 5.69 Å². The van der Waals surface area contributed by atoms with E-state index in [0.717, 1.165) is 12.8 Å². The number of aromatic amines is 1. The van der Waals surface area contributed by atoms with E-state index in [-0.39, 0.29) is 16.7 Å². The third-order valence-corrected chi connectivity index (χ3v) is 5.20. The van der Waals surface area contributed by atoms with Crippen LogP contribution in [0.5, 0.6) is 0 Å². The Morgan fingerprint density at radius 1 is 1.29 bits per heavy atom. The number of nitrogens with zero attached hydrogens (tertiary/aromatic N) is 1. The molecule has 2 aliphatic rings. The third kappa shape index (κ3) is 1.06. The van der Waals surface area contributed by atoms with Crippen molar-refractivity contribution in [1.29, 1.82) is 0 Å². The molecule has 5 heteroatoms. The van der Waals surface area contributed by atoms with Crippen molar-refractivity contribution in [3.63, 3.8) is 0 Å². The summed E-state index contributed by atoms with van der Waals surface area (Å²) in [5, 5.41) is 6.16. The lowest BCUT2D eigenvalue weighted by Gasteiger charge is -2.34. The maximum atomic E-state index is 12.9. The molecule has 0 spiro atoms. The van der Waals surface area contributed by atoms with Gasteiger partial charge in [0.05, 0.1) is 0 Å². The van der Waals surface area contributed by atoms with Gasteiger partial charge in [-0.15, -0.1) is 0 Å². The fourth-order valence-corrected chi connectivity index (χ4v) is 3.78. The number of nitrogens with one attached hydrogen (secondary N) is 1. The maximum Gasteiger partial charge on any atom is 0.435 e. The molecule has 3 rings (SSSR count). The average molecular weight is 244 g/mol. The van der Waals surface area contributed by atoms with E-state index in [9.17, 15) is 13.2 Å². The van der Waals surface area contributed by atoms with Crippen molar-refractivity contribution in [3.05, 3.63) is 17.0 Å². The van der Waals surface area contributed by atoms with Crippen LogP contribution in [0, 0.1) is 5.41 Å². The third-order valence-electron chi connectivity index (χ3n) is 5.20. The molecule has 0 aromatic carbocycles. The van der Waals surface area contributed by atoms with Crippen LogP contribution in [0.15, 0.2) is 0 Å². The standard InChI is InChI=1S/C12H15F3N2/c1-10(2)6-4-5-11(10,3)8-7(6)9(17-16-8)12(13,14)15/h6H,4-5H2,1-3H3,(H,16,17). The van der Waals surface area contributed by atoms with Crippen molar-refractivity contribution in [2.45, 2.75) is 51.1 Å². The van der Waals surface area contributed by atoms with Crippen LogP contribution in [0.25, 0.3) is 0 Å². The quantitative estimate of drug-likeness (QED) is 0.742. The monoisotopic (exact) mass is 244 g/mol. The van der Waals surface area contributed by atoms with Crippen molar-refractivity contribution >= 4 is 0 Å². The minimum atomic E-state index is -4.35. The molecule has 1 heterocycles. The van der Waals surface area contributed by atoms with Crippen LogP contribution in [-0.4, -0.2) is 10.2 Å². The number of aromatic nitrogens is 2. The highest BCUT2D eigenvalue weighted by Gasteiger charge is 2.63. The van der Waals surface area contributed by atoms with Crippen molar-refractivity contribution in [2.75, 3.05) is 0 Å². The largest absolute Gasteiger partial charge is 0.435 e. The second-order valence-electron chi connectivity index (χ2n) is 6.00. The first-order valence-electron chi connectivity index (χ1n) is 5.85. The van der Waals surface area contributed by atoms with Crippen LogP contribution in [0.3, 0.4) is 0 Å². The van der Waals surface area contributed by atoms with E-state index in [2.05, 4.69) is 31.0 Å². The topological polar surface area (TPSA) is 28.7 Å². The van der Waals surface area contributed by atoms with E-state index in [0.29, 0.717) is 11.3 Å². The zero-order chi connectivity index (χ0) is 12.6. The fourth-order valence-electron chi connectivity index (χ4n) is 3.78. The Balaban J connectivity index is 2.24. The first-order valence-corrected chi connectivity index (χ1v) is 5.85. The van der Waals surface area contributed by atoms with E-state index in [4.69, 9.17) is 0 Å². The second kappa shape index (κ2) is 2.70. The van der Waals surface area contributed by atoms with Crippen molar-refractivity contribution in [3.8, 4) is 0 Å². The maximum absolute atomic E-state index is 12.9. The molecule has 0 amide bonds. The lowest BCUT2D eigenvalue weighted by atomic mass is 9.70. The van der Waals surface area contributed by atoms with Gasteiger partial charge in [-0.1, -0.05) is 20.8 Å². The molecule has 2 nitrogen and oxygen atoms in total. The highest BCUT2D eigenvalue weighted by atomic mass is 19.4. The Labute approximate surface area is 97.6 Å². The van der Waals surface area contributed by atoms with Gasteiger partial charge < -0.3 is 0 Å². The molecule has 1 saturated carbocycles. The van der Waals surface area contributed by atoms with Crippen molar-refractivity contribution < 1.29 is 13.2 Å². The predicted molar refractivity (Wildman–Crippen MR) is 56.7 cm³/mol. The molecule has 94 valence electrons. The molecule has 1 fully saturated rings. The fraction of sp³-hybridized carbons (Fsp3) is 0.750. The minimum Gasteiger partial charge on any atom is -0.281 e. The van der Waals surface area contributed by atoms with Gasteiger partial charge in [-0.2, -0.15) is 18.3 Å². The van der Waals surface area contributed by atoms with Gasteiger partial charge >= 0.3 is 6.18 Å². The van der Waals surface area contributed by atoms with Crippen LogP contribution in [0.4, 0.5) is 13.2 Å². The Kier molecular flexibility index (Phi) is 1.76. The summed E-state index contributed by atoms with van der Waals surface area (Å²) < 4.78 is 38.7. The molecule has 0 saturated heterocycles. The van der Waals surface area contributed by atoms with Crippen molar-refractivity contribution in [2.24, 2.45) is 5.41 Å². The Morgan fingerprint density at radius 3 is 2.53 bits per heavy atom. The van der Waals surface area contributed by atoms with E-state index in [1.807, 2.05) is 0 Å². The molecule has 2 aliphatic carbocycles. The zero-order valence-corrected chi connectivity index (χ0v) is 10.1. The van der Waals surface area contributed by atoms with Gasteiger partial charge in [0, 0.05) is 16.7 Å². The van der Waals surface area contributed by atoms with Crippen LogP contribution in [-0.2, 0) is 11.6 Å². The number of hydrogen-bond acceptors (Lipinski definition) is 1. The number of hydrogen-bond donors (Lipinski definition) is 1. The van der Waals surface area contributed by atoms with E-state index < -0.39 is 11.9 Å². The highest BCUT2D eigenvalue weighted by Crippen LogP contribution is 2.68. The summed E-state index contributed by atoms with van der Waals surface area (Å²) in [7, 11) is 0. The Hall–Kier alpha value is -1.00. The summed E-state index contributed by atoms with van der Waals surface area (Å²) in [5.74, 6) is -0.0159. The first kappa shape index (κ1) is 11.1. The number of halogens is 3. The summed E-state index contributed by atoms with van der Waals surface area (Å²) in [6, 6.07) is 0. The van der Waals surface area contributed by atoms with E-state index in [1.54, 1.807) is 0 Å². The van der Waals surface area contributed by atoms with Gasteiger partial charge in [0.2, 0.25) is 0 Å². The normalized spacial score (nSPS) is 34.1. The molecular weight excluding hydrogens is 229 g/mol. The van der Waals surface area contributed by atoms with Gasteiger partial charge in [0.1, 0.15) is 0 Å². The number of fused-ring (bicyclic) bond motifs is 5. The lowest BCUT2D eigenvalue weighted by Crippen LogP contribution is -2.32. The van der Waals surface area contributed by atoms with Crippen LogP contribution in [0.2, 0.25) is 0 Å². The molecule has 2 atom stereocenters. The highest BCUT2D eigenvalue weighted by molar-refractivity contribution is 5.48. The number of rotatable bonds is 0. The number of alkyl halides is 3. The van der Waals surface area contributed by atoms with Gasteiger partial charge in [-0.3, -0.25) is 5.10 Å². The molecule has 0 aliphatic heterocycles. The summed E-state index contributed by atoms with van der Waals surface area (Å²) in [6.07, 6.45) is -2.57. The molecule has 1 aromatic heterocycles. The van der Waals surface area contributed by atoms with Crippen LogP contribution in [0.1, 0.15) is 56.5 Å². The zero-order valence-electron chi connectivity index (χ0n) is 10.1. The Morgan fingerprint density at radius 2 is 1.94 bits per heavy atom. The summed E-state index contributed by atoms with van der Waals surface area (Å²) in [6.45, 7) is 6.19. The predicted octanol–water partition coefficient (Wildman–Crippen LogP) is 3.60.